The quantitative estimate of drug-likeness (QED) is 0.377. The van der Waals surface area contributed by atoms with Crippen LogP contribution in [0.3, 0.4) is 0 Å². The first kappa shape index (κ1) is 25.8. The smallest absolute Gasteiger partial charge is 0.0575 e. The minimum absolute atomic E-state index is 0.419. The van der Waals surface area contributed by atoms with Gasteiger partial charge in [0.05, 0.1) is 6.10 Å². The molecule has 0 aromatic heterocycles. The fraction of sp³-hybridized carbons (Fsp3) is 0.455. The summed E-state index contributed by atoms with van der Waals surface area (Å²) in [6.45, 7) is 2.70. The van der Waals surface area contributed by atoms with E-state index < -0.39 is 0 Å². The van der Waals surface area contributed by atoms with Crippen molar-refractivity contribution in [2.75, 3.05) is 18.1 Å². The van der Waals surface area contributed by atoms with E-state index in [0.29, 0.717) is 23.9 Å². The molecule has 0 bridgehead atoms. The molecule has 0 spiro atoms. The van der Waals surface area contributed by atoms with E-state index >= 15 is 0 Å². The lowest BCUT2D eigenvalue weighted by Gasteiger charge is -2.31. The number of nitrogens with two attached hydrogens (primary N) is 2. The van der Waals surface area contributed by atoms with Crippen LogP contribution in [-0.2, 0) is 11.2 Å². The highest BCUT2D eigenvalue weighted by Gasteiger charge is 2.25. The van der Waals surface area contributed by atoms with Crippen LogP contribution in [0.25, 0.3) is 0 Å². The van der Waals surface area contributed by atoms with Crippen molar-refractivity contribution in [1.82, 2.24) is 0 Å². The zero-order chi connectivity index (χ0) is 25.2. The van der Waals surface area contributed by atoms with Crippen molar-refractivity contribution >= 4 is 11.4 Å². The highest BCUT2D eigenvalue weighted by atomic mass is 16.5. The molecule has 2 aromatic rings. The summed E-state index contributed by atoms with van der Waals surface area (Å²) in [7, 11) is 0. The molecule has 186 valence electrons. The van der Waals surface area contributed by atoms with Crippen LogP contribution in [0, 0.1) is 47.4 Å². The Balaban J connectivity index is 1.16. The number of anilines is 2. The largest absolute Gasteiger partial charge is 0.399 e. The molecular weight excluding hydrogens is 440 g/mol. The van der Waals surface area contributed by atoms with Gasteiger partial charge in [-0.3, -0.25) is 0 Å². The van der Waals surface area contributed by atoms with Crippen molar-refractivity contribution in [2.24, 2.45) is 11.8 Å². The molecule has 0 aliphatic heterocycles. The summed E-state index contributed by atoms with van der Waals surface area (Å²) >= 11 is 0. The molecule has 2 saturated carbocycles. The Kier molecular flexibility index (Phi) is 9.39. The van der Waals surface area contributed by atoms with E-state index in [1.54, 1.807) is 13.0 Å². The van der Waals surface area contributed by atoms with Crippen molar-refractivity contribution in [3.05, 3.63) is 59.2 Å². The fourth-order valence-corrected chi connectivity index (χ4v) is 5.56. The number of hydrogen-bond donors (Lipinski definition) is 2. The Hall–Kier alpha value is -3.32. The number of nitrogen functional groups attached to an aromatic ring is 2. The van der Waals surface area contributed by atoms with Crippen LogP contribution in [0.2, 0.25) is 0 Å². The SMILES string of the molecule is CC#CC#CC#CC1CCC(COC2CCC(c3ccc(Cc4cc(N)cc(N)c4)cc3)CC2)CC1. The van der Waals surface area contributed by atoms with Gasteiger partial charge in [-0.25, -0.2) is 0 Å². The highest BCUT2D eigenvalue weighted by molar-refractivity contribution is 5.55. The van der Waals surface area contributed by atoms with E-state index in [1.807, 2.05) is 12.1 Å². The van der Waals surface area contributed by atoms with Gasteiger partial charge < -0.3 is 16.2 Å². The Labute approximate surface area is 217 Å². The van der Waals surface area contributed by atoms with Gasteiger partial charge >= 0.3 is 0 Å². The molecule has 0 saturated heterocycles. The van der Waals surface area contributed by atoms with Crippen LogP contribution in [0.4, 0.5) is 11.4 Å². The van der Waals surface area contributed by atoms with E-state index in [-0.39, 0.29) is 0 Å². The molecule has 4 N–H and O–H groups in total. The van der Waals surface area contributed by atoms with Crippen LogP contribution in [-0.4, -0.2) is 12.7 Å². The predicted octanol–water partition coefficient (Wildman–Crippen LogP) is 6.32. The average Bonchev–Trinajstić information content (AvgIpc) is 2.88. The molecule has 36 heavy (non-hydrogen) atoms. The first-order valence-electron chi connectivity index (χ1n) is 13.4. The summed E-state index contributed by atoms with van der Waals surface area (Å²) in [5.41, 5.74) is 17.2. The van der Waals surface area contributed by atoms with Gasteiger partial charge in [0.15, 0.2) is 0 Å². The summed E-state index contributed by atoms with van der Waals surface area (Å²) in [6.07, 6.45) is 10.8. The second-order valence-electron chi connectivity index (χ2n) is 10.3. The molecule has 0 amide bonds. The number of hydrogen-bond acceptors (Lipinski definition) is 3. The van der Waals surface area contributed by atoms with E-state index in [9.17, 15) is 0 Å². The molecule has 2 aliphatic rings. The van der Waals surface area contributed by atoms with Gasteiger partial charge in [0.2, 0.25) is 0 Å². The van der Waals surface area contributed by atoms with Crippen LogP contribution in [0.5, 0.6) is 0 Å². The summed E-state index contributed by atoms with van der Waals surface area (Å²) in [4.78, 5) is 0. The minimum Gasteiger partial charge on any atom is -0.399 e. The zero-order valence-electron chi connectivity index (χ0n) is 21.5. The molecule has 0 radical (unpaired) electrons. The Morgan fingerprint density at radius 3 is 2.08 bits per heavy atom. The molecular formula is C33H38N2O. The maximum Gasteiger partial charge on any atom is 0.0575 e. The second kappa shape index (κ2) is 13.1. The van der Waals surface area contributed by atoms with Crippen LogP contribution in [0.15, 0.2) is 42.5 Å². The molecule has 0 unspecified atom stereocenters. The highest BCUT2D eigenvalue weighted by Crippen LogP contribution is 2.35. The van der Waals surface area contributed by atoms with E-state index in [2.05, 4.69) is 59.8 Å². The van der Waals surface area contributed by atoms with Gasteiger partial charge in [0.1, 0.15) is 0 Å². The lowest BCUT2D eigenvalue weighted by atomic mass is 9.81. The van der Waals surface area contributed by atoms with Gasteiger partial charge in [-0.15, -0.1) is 0 Å². The fourth-order valence-electron chi connectivity index (χ4n) is 5.56. The van der Waals surface area contributed by atoms with Gasteiger partial charge in [0.25, 0.3) is 0 Å². The maximum atomic E-state index is 6.38. The number of benzene rings is 2. The second-order valence-corrected chi connectivity index (χ2v) is 10.3. The maximum absolute atomic E-state index is 6.38. The molecule has 0 atom stereocenters. The molecule has 3 nitrogen and oxygen atoms in total. The van der Waals surface area contributed by atoms with Crippen LogP contribution >= 0.6 is 0 Å². The number of ether oxygens (including phenoxy) is 1. The van der Waals surface area contributed by atoms with Crippen molar-refractivity contribution in [2.45, 2.75) is 76.7 Å². The van der Waals surface area contributed by atoms with Gasteiger partial charge in [-0.1, -0.05) is 36.1 Å². The third-order valence-electron chi connectivity index (χ3n) is 7.57. The summed E-state index contributed by atoms with van der Waals surface area (Å²) in [5, 5.41) is 0. The first-order chi connectivity index (χ1) is 17.6. The summed E-state index contributed by atoms with van der Waals surface area (Å²) < 4.78 is 6.38. The van der Waals surface area contributed by atoms with Crippen molar-refractivity contribution in [3.63, 3.8) is 0 Å². The van der Waals surface area contributed by atoms with Crippen LogP contribution in [0.1, 0.15) is 80.9 Å². The Bertz CT molecular complexity index is 1160. The van der Waals surface area contributed by atoms with Gasteiger partial charge in [0, 0.05) is 23.9 Å². The summed E-state index contributed by atoms with van der Waals surface area (Å²) in [5.74, 6) is 19.2. The standard InChI is InChI=1S/C33H38N2O/c1-2-3-4-5-6-7-25-8-10-27(11-9-25)24-36-33-18-16-30(17-19-33)29-14-12-26(13-15-29)20-28-21-31(34)23-32(35)22-28/h12-15,21-23,25,27,30,33H,8-11,16-20,24,34-35H2,1H3. The molecule has 2 aliphatic carbocycles. The average molecular weight is 479 g/mol. The van der Waals surface area contributed by atoms with Crippen LogP contribution < -0.4 is 11.5 Å². The lowest BCUT2D eigenvalue weighted by molar-refractivity contribution is -0.00317. The van der Waals surface area contributed by atoms with E-state index in [4.69, 9.17) is 16.2 Å². The third-order valence-corrected chi connectivity index (χ3v) is 7.57. The van der Waals surface area contributed by atoms with E-state index in [1.165, 1.54) is 36.8 Å². The molecule has 2 aromatic carbocycles. The molecule has 4 rings (SSSR count). The molecule has 2 fully saturated rings. The monoisotopic (exact) mass is 478 g/mol. The Morgan fingerprint density at radius 1 is 0.750 bits per heavy atom. The molecule has 3 heteroatoms. The molecule has 0 heterocycles. The van der Waals surface area contributed by atoms with Crippen molar-refractivity contribution < 1.29 is 4.74 Å². The first-order valence-corrected chi connectivity index (χ1v) is 13.4. The topological polar surface area (TPSA) is 61.3 Å². The summed E-state index contributed by atoms with van der Waals surface area (Å²) in [6, 6.07) is 14.9. The predicted molar refractivity (Wildman–Crippen MR) is 150 cm³/mol. The van der Waals surface area contributed by atoms with Gasteiger partial charge in [-0.05, 0) is 135 Å². The Morgan fingerprint density at radius 2 is 1.42 bits per heavy atom. The van der Waals surface area contributed by atoms with Crippen molar-refractivity contribution in [3.8, 4) is 35.5 Å². The third kappa shape index (κ3) is 7.85. The van der Waals surface area contributed by atoms with Gasteiger partial charge in [-0.2, -0.15) is 0 Å². The normalized spacial score (nSPS) is 23.2. The minimum atomic E-state index is 0.419. The number of rotatable bonds is 6. The van der Waals surface area contributed by atoms with Crippen molar-refractivity contribution in [1.29, 1.82) is 0 Å². The lowest BCUT2D eigenvalue weighted by Crippen LogP contribution is -2.25. The zero-order valence-corrected chi connectivity index (χ0v) is 21.5. The van der Waals surface area contributed by atoms with E-state index in [0.717, 1.165) is 55.6 Å².